The molecule has 1 amide bonds. The van der Waals surface area contributed by atoms with Gasteiger partial charge in [0.15, 0.2) is 0 Å². The van der Waals surface area contributed by atoms with Gasteiger partial charge < -0.3 is 11.1 Å². The van der Waals surface area contributed by atoms with Gasteiger partial charge in [-0.15, -0.1) is 0 Å². The van der Waals surface area contributed by atoms with Gasteiger partial charge in [0.1, 0.15) is 12.7 Å². The summed E-state index contributed by atoms with van der Waals surface area (Å²) in [6.07, 6.45) is 1.44. The lowest BCUT2D eigenvalue weighted by atomic mass is 10.3. The van der Waals surface area contributed by atoms with Crippen LogP contribution >= 0.6 is 0 Å². The zero-order valence-electron chi connectivity index (χ0n) is 4.29. The Labute approximate surface area is 46.8 Å². The number of aliphatic imine (C=N–C) groups is 1. The fourth-order valence-electron chi connectivity index (χ4n) is 0.475. The van der Waals surface area contributed by atoms with E-state index in [1.165, 1.54) is 6.21 Å². The molecule has 1 unspecified atom stereocenters. The predicted molar refractivity (Wildman–Crippen MR) is 29.5 cm³/mol. The summed E-state index contributed by atoms with van der Waals surface area (Å²) in [4.78, 5) is 14.2. The molecule has 1 aliphatic heterocycles. The Morgan fingerprint density at radius 2 is 2.75 bits per heavy atom. The first-order chi connectivity index (χ1) is 3.80. The van der Waals surface area contributed by atoms with Crippen molar-refractivity contribution in [1.29, 1.82) is 0 Å². The minimum absolute atomic E-state index is 0.153. The van der Waals surface area contributed by atoms with Crippen molar-refractivity contribution in [1.82, 2.24) is 5.32 Å². The SMILES string of the molecule is NC1C=NCNC1=O. The number of nitrogens with zero attached hydrogens (tertiary/aromatic N) is 1. The van der Waals surface area contributed by atoms with Crippen molar-refractivity contribution in [2.45, 2.75) is 6.04 Å². The summed E-state index contributed by atoms with van der Waals surface area (Å²) in [5, 5.41) is 2.47. The van der Waals surface area contributed by atoms with E-state index in [0.29, 0.717) is 6.67 Å². The third-order valence-electron chi connectivity index (χ3n) is 0.913. The van der Waals surface area contributed by atoms with Crippen molar-refractivity contribution < 1.29 is 4.79 Å². The van der Waals surface area contributed by atoms with Crippen LogP contribution in [0.1, 0.15) is 0 Å². The highest BCUT2D eigenvalue weighted by atomic mass is 16.2. The lowest BCUT2D eigenvalue weighted by molar-refractivity contribution is -0.121. The fraction of sp³-hybridized carbons (Fsp3) is 0.500. The molecule has 0 aromatic rings. The molecule has 3 N–H and O–H groups in total. The Bertz CT molecular complexity index is 131. The Morgan fingerprint density at radius 1 is 2.00 bits per heavy atom. The molecular formula is C4H7N3O. The molecule has 1 heterocycles. The van der Waals surface area contributed by atoms with E-state index in [2.05, 4.69) is 10.3 Å². The van der Waals surface area contributed by atoms with Gasteiger partial charge in [-0.2, -0.15) is 0 Å². The Kier molecular flexibility index (Phi) is 1.26. The molecule has 0 aromatic heterocycles. The van der Waals surface area contributed by atoms with Crippen LogP contribution in [0.25, 0.3) is 0 Å². The molecule has 44 valence electrons. The van der Waals surface area contributed by atoms with Gasteiger partial charge in [0, 0.05) is 6.21 Å². The Morgan fingerprint density at radius 3 is 3.12 bits per heavy atom. The molecule has 1 rings (SSSR count). The first-order valence-electron chi connectivity index (χ1n) is 2.34. The number of amides is 1. The van der Waals surface area contributed by atoms with Crippen molar-refractivity contribution in [3.63, 3.8) is 0 Å². The van der Waals surface area contributed by atoms with Gasteiger partial charge in [0.05, 0.1) is 0 Å². The number of hydrogen-bond donors (Lipinski definition) is 2. The summed E-state index contributed by atoms with van der Waals surface area (Å²) in [5.74, 6) is -0.153. The monoisotopic (exact) mass is 113 g/mol. The zero-order chi connectivity index (χ0) is 5.98. The Hall–Kier alpha value is -0.900. The topological polar surface area (TPSA) is 67.5 Å². The summed E-state index contributed by atoms with van der Waals surface area (Å²) in [7, 11) is 0. The second-order valence-electron chi connectivity index (χ2n) is 1.56. The number of nitrogens with one attached hydrogen (secondary N) is 1. The van der Waals surface area contributed by atoms with E-state index in [-0.39, 0.29) is 5.91 Å². The van der Waals surface area contributed by atoms with Gasteiger partial charge in [-0.1, -0.05) is 0 Å². The third-order valence-corrected chi connectivity index (χ3v) is 0.913. The average molecular weight is 113 g/mol. The molecule has 0 bridgehead atoms. The van der Waals surface area contributed by atoms with Crippen molar-refractivity contribution in [3.8, 4) is 0 Å². The number of rotatable bonds is 0. The molecule has 0 radical (unpaired) electrons. The van der Waals surface area contributed by atoms with Gasteiger partial charge in [0.2, 0.25) is 5.91 Å². The summed E-state index contributed by atoms with van der Waals surface area (Å²) in [5.41, 5.74) is 5.22. The highest BCUT2D eigenvalue weighted by Gasteiger charge is 2.11. The summed E-state index contributed by atoms with van der Waals surface area (Å²) < 4.78 is 0. The lowest BCUT2D eigenvalue weighted by Gasteiger charge is -2.09. The largest absolute Gasteiger partial charge is 0.335 e. The van der Waals surface area contributed by atoms with Crippen LogP contribution < -0.4 is 11.1 Å². The number of nitrogens with two attached hydrogens (primary N) is 1. The van der Waals surface area contributed by atoms with Crippen molar-refractivity contribution in [2.24, 2.45) is 10.7 Å². The van der Waals surface area contributed by atoms with Gasteiger partial charge in [-0.25, -0.2) is 0 Å². The molecule has 1 aliphatic rings. The van der Waals surface area contributed by atoms with Gasteiger partial charge in [-0.05, 0) is 0 Å². The van der Waals surface area contributed by atoms with Crippen LogP contribution in [-0.2, 0) is 4.79 Å². The van der Waals surface area contributed by atoms with E-state index in [4.69, 9.17) is 5.73 Å². The molecule has 4 nitrogen and oxygen atoms in total. The van der Waals surface area contributed by atoms with Crippen molar-refractivity contribution in [3.05, 3.63) is 0 Å². The molecule has 0 spiro atoms. The van der Waals surface area contributed by atoms with E-state index < -0.39 is 6.04 Å². The zero-order valence-corrected chi connectivity index (χ0v) is 4.29. The molecule has 0 aromatic carbocycles. The highest BCUT2D eigenvalue weighted by molar-refractivity contribution is 5.98. The van der Waals surface area contributed by atoms with Crippen molar-refractivity contribution >= 4 is 12.1 Å². The van der Waals surface area contributed by atoms with E-state index in [0.717, 1.165) is 0 Å². The molecule has 8 heavy (non-hydrogen) atoms. The first kappa shape index (κ1) is 5.24. The maximum Gasteiger partial charge on any atom is 0.243 e. The smallest absolute Gasteiger partial charge is 0.243 e. The summed E-state index contributed by atoms with van der Waals surface area (Å²) >= 11 is 0. The van der Waals surface area contributed by atoms with Gasteiger partial charge in [-0.3, -0.25) is 9.79 Å². The van der Waals surface area contributed by atoms with E-state index >= 15 is 0 Å². The minimum Gasteiger partial charge on any atom is -0.335 e. The van der Waals surface area contributed by atoms with E-state index in [1.807, 2.05) is 0 Å². The van der Waals surface area contributed by atoms with Crippen LogP contribution in [0.15, 0.2) is 4.99 Å². The maximum absolute atomic E-state index is 10.5. The molecular weight excluding hydrogens is 106 g/mol. The standard InChI is InChI=1S/C4H7N3O/c5-3-1-6-2-7-4(3)8/h1,3H,2,5H2,(H,7,8). The first-order valence-corrected chi connectivity index (χ1v) is 2.34. The Balaban J connectivity index is 2.60. The van der Waals surface area contributed by atoms with Crippen LogP contribution in [-0.4, -0.2) is 24.8 Å². The van der Waals surface area contributed by atoms with Crippen LogP contribution in [0, 0.1) is 0 Å². The number of hydrogen-bond acceptors (Lipinski definition) is 3. The van der Waals surface area contributed by atoms with Crippen LogP contribution in [0.2, 0.25) is 0 Å². The average Bonchev–Trinajstić information content (AvgIpc) is 1.77. The molecule has 0 saturated heterocycles. The second kappa shape index (κ2) is 1.92. The molecule has 1 atom stereocenters. The molecule has 4 heteroatoms. The maximum atomic E-state index is 10.5. The fourth-order valence-corrected chi connectivity index (χ4v) is 0.475. The molecule has 0 fully saturated rings. The molecule has 0 saturated carbocycles. The lowest BCUT2D eigenvalue weighted by Crippen LogP contribution is -2.44. The van der Waals surface area contributed by atoms with Gasteiger partial charge >= 0.3 is 0 Å². The normalized spacial score (nSPS) is 27.6. The van der Waals surface area contributed by atoms with E-state index in [1.54, 1.807) is 0 Å². The van der Waals surface area contributed by atoms with Crippen LogP contribution in [0.5, 0.6) is 0 Å². The second-order valence-corrected chi connectivity index (χ2v) is 1.56. The van der Waals surface area contributed by atoms with E-state index in [9.17, 15) is 4.79 Å². The van der Waals surface area contributed by atoms with Crippen molar-refractivity contribution in [2.75, 3.05) is 6.67 Å². The third kappa shape index (κ3) is 0.840. The number of carbonyl (C=O) groups is 1. The van der Waals surface area contributed by atoms with Gasteiger partial charge in [0.25, 0.3) is 0 Å². The number of carbonyl (C=O) groups excluding carboxylic acids is 1. The predicted octanol–water partition coefficient (Wildman–Crippen LogP) is -1.53. The minimum atomic E-state index is -0.538. The summed E-state index contributed by atoms with van der Waals surface area (Å²) in [6.45, 7) is 0.368. The highest BCUT2D eigenvalue weighted by Crippen LogP contribution is 1.80. The quantitative estimate of drug-likeness (QED) is 0.400. The summed E-state index contributed by atoms with van der Waals surface area (Å²) in [6, 6.07) is -0.538. The van der Waals surface area contributed by atoms with Crippen LogP contribution in [0.4, 0.5) is 0 Å². The van der Waals surface area contributed by atoms with Crippen LogP contribution in [0.3, 0.4) is 0 Å². The molecule has 0 aliphatic carbocycles.